The molecule has 0 unspecified atom stereocenters. The van der Waals surface area contributed by atoms with Crippen LogP contribution in [-0.4, -0.2) is 25.0 Å². The fraction of sp³-hybridized carbons (Fsp3) is 0.263. The van der Waals surface area contributed by atoms with Gasteiger partial charge in [0.1, 0.15) is 11.5 Å². The van der Waals surface area contributed by atoms with E-state index >= 15 is 0 Å². The number of aryl methyl sites for hydroxylation is 1. The van der Waals surface area contributed by atoms with Gasteiger partial charge in [-0.3, -0.25) is 9.59 Å². The third-order valence-electron chi connectivity index (χ3n) is 3.80. The molecule has 0 spiro atoms. The van der Waals surface area contributed by atoms with E-state index in [2.05, 4.69) is 10.6 Å². The Labute approximate surface area is 146 Å². The maximum Gasteiger partial charge on any atom is 0.262 e. The van der Waals surface area contributed by atoms with Crippen LogP contribution in [0.15, 0.2) is 42.5 Å². The molecule has 0 saturated carbocycles. The van der Waals surface area contributed by atoms with E-state index in [1.807, 2.05) is 31.2 Å². The normalized spacial score (nSPS) is 12.6. The highest BCUT2D eigenvalue weighted by molar-refractivity contribution is 5.97. The molecule has 2 amide bonds. The summed E-state index contributed by atoms with van der Waals surface area (Å²) in [5.41, 5.74) is 2.26. The largest absolute Gasteiger partial charge is 0.493 e. The van der Waals surface area contributed by atoms with Crippen molar-refractivity contribution in [3.8, 4) is 11.5 Å². The number of amides is 2. The zero-order valence-corrected chi connectivity index (χ0v) is 14.0. The van der Waals surface area contributed by atoms with Gasteiger partial charge in [0.15, 0.2) is 6.61 Å². The van der Waals surface area contributed by atoms with Crippen molar-refractivity contribution in [2.24, 2.45) is 0 Å². The van der Waals surface area contributed by atoms with Crippen molar-refractivity contribution in [3.05, 3.63) is 48.0 Å². The van der Waals surface area contributed by atoms with Gasteiger partial charge in [-0.05, 0) is 43.2 Å². The average molecular weight is 340 g/mol. The number of para-hydroxylation sites is 1. The third-order valence-corrected chi connectivity index (χ3v) is 3.80. The van der Waals surface area contributed by atoms with Crippen molar-refractivity contribution in [3.63, 3.8) is 0 Å². The smallest absolute Gasteiger partial charge is 0.262 e. The number of nitrogens with one attached hydrogen (secondary N) is 2. The molecule has 130 valence electrons. The van der Waals surface area contributed by atoms with Crippen LogP contribution in [0, 0.1) is 6.92 Å². The van der Waals surface area contributed by atoms with Crippen molar-refractivity contribution >= 4 is 23.2 Å². The molecule has 6 nitrogen and oxygen atoms in total. The Kier molecular flexibility index (Phi) is 5.18. The maximum absolute atomic E-state index is 12.0. The molecule has 2 aromatic carbocycles. The Bertz CT molecular complexity index is 789. The van der Waals surface area contributed by atoms with Crippen molar-refractivity contribution in [2.45, 2.75) is 19.8 Å². The summed E-state index contributed by atoms with van der Waals surface area (Å²) in [4.78, 5) is 23.4. The zero-order chi connectivity index (χ0) is 17.6. The number of hydrogen-bond donors (Lipinski definition) is 2. The van der Waals surface area contributed by atoms with Crippen LogP contribution in [0.2, 0.25) is 0 Å². The standard InChI is InChI=1S/C19H20N2O4/c1-13-5-2-3-6-16(13)24-10-4-7-18(22)20-14-8-9-17-15(11-14)21-19(23)12-25-17/h2-3,5-6,8-9,11H,4,7,10,12H2,1H3,(H,20,22)(H,21,23). The number of hydrogen-bond acceptors (Lipinski definition) is 4. The minimum absolute atomic E-state index is 0.0135. The molecule has 6 heteroatoms. The molecule has 25 heavy (non-hydrogen) atoms. The number of rotatable bonds is 6. The van der Waals surface area contributed by atoms with Crippen LogP contribution in [-0.2, 0) is 9.59 Å². The molecule has 0 radical (unpaired) electrons. The summed E-state index contributed by atoms with van der Waals surface area (Å²) >= 11 is 0. The van der Waals surface area contributed by atoms with Crippen molar-refractivity contribution in [1.29, 1.82) is 0 Å². The highest BCUT2D eigenvalue weighted by Gasteiger charge is 2.16. The van der Waals surface area contributed by atoms with Crippen molar-refractivity contribution in [2.75, 3.05) is 23.8 Å². The van der Waals surface area contributed by atoms with Crippen LogP contribution in [0.25, 0.3) is 0 Å². The highest BCUT2D eigenvalue weighted by atomic mass is 16.5. The molecule has 0 aliphatic carbocycles. The van der Waals surface area contributed by atoms with Crippen LogP contribution in [0.3, 0.4) is 0 Å². The predicted octanol–water partition coefficient (Wildman–Crippen LogP) is 3.12. The van der Waals surface area contributed by atoms with Gasteiger partial charge < -0.3 is 20.1 Å². The Balaban J connectivity index is 1.46. The number of anilines is 2. The van der Waals surface area contributed by atoms with E-state index < -0.39 is 0 Å². The molecular formula is C19H20N2O4. The minimum Gasteiger partial charge on any atom is -0.493 e. The Morgan fingerprint density at radius 3 is 2.96 bits per heavy atom. The van der Waals surface area contributed by atoms with Gasteiger partial charge in [0, 0.05) is 12.1 Å². The van der Waals surface area contributed by atoms with E-state index in [1.54, 1.807) is 18.2 Å². The first kappa shape index (κ1) is 16.8. The van der Waals surface area contributed by atoms with E-state index in [0.717, 1.165) is 11.3 Å². The predicted molar refractivity (Wildman–Crippen MR) is 95.1 cm³/mol. The van der Waals surface area contributed by atoms with Gasteiger partial charge >= 0.3 is 0 Å². The monoisotopic (exact) mass is 340 g/mol. The van der Waals surface area contributed by atoms with Crippen LogP contribution in [0.1, 0.15) is 18.4 Å². The van der Waals surface area contributed by atoms with E-state index in [0.29, 0.717) is 36.6 Å². The lowest BCUT2D eigenvalue weighted by Gasteiger charge is -2.18. The summed E-state index contributed by atoms with van der Waals surface area (Å²) in [5, 5.41) is 5.53. The van der Waals surface area contributed by atoms with Crippen LogP contribution < -0.4 is 20.1 Å². The first-order valence-electron chi connectivity index (χ1n) is 8.17. The molecule has 2 N–H and O–H groups in total. The van der Waals surface area contributed by atoms with Gasteiger partial charge in [-0.15, -0.1) is 0 Å². The number of carbonyl (C=O) groups is 2. The lowest BCUT2D eigenvalue weighted by atomic mass is 10.2. The number of fused-ring (bicyclic) bond motifs is 1. The molecule has 2 aromatic rings. The quantitative estimate of drug-likeness (QED) is 0.792. The molecule has 0 bridgehead atoms. The van der Waals surface area contributed by atoms with E-state index in [-0.39, 0.29) is 18.4 Å². The SMILES string of the molecule is Cc1ccccc1OCCCC(=O)Nc1ccc2c(c1)NC(=O)CO2. The summed E-state index contributed by atoms with van der Waals surface area (Å²) in [7, 11) is 0. The first-order valence-corrected chi connectivity index (χ1v) is 8.17. The third kappa shape index (κ3) is 4.50. The molecule has 0 atom stereocenters. The van der Waals surface area contributed by atoms with E-state index in [9.17, 15) is 9.59 Å². The molecule has 0 saturated heterocycles. The van der Waals surface area contributed by atoms with Gasteiger partial charge in [-0.25, -0.2) is 0 Å². The molecular weight excluding hydrogens is 320 g/mol. The van der Waals surface area contributed by atoms with Gasteiger partial charge in [0.2, 0.25) is 5.91 Å². The Hall–Kier alpha value is -3.02. The zero-order valence-electron chi connectivity index (χ0n) is 14.0. The van der Waals surface area contributed by atoms with Crippen LogP contribution in [0.5, 0.6) is 11.5 Å². The summed E-state index contributed by atoms with van der Waals surface area (Å²) in [6.45, 7) is 2.48. The summed E-state index contributed by atoms with van der Waals surface area (Å²) in [6.07, 6.45) is 0.969. The summed E-state index contributed by atoms with van der Waals surface area (Å²) in [5.74, 6) is 1.14. The van der Waals surface area contributed by atoms with Crippen molar-refractivity contribution < 1.29 is 19.1 Å². The number of carbonyl (C=O) groups excluding carboxylic acids is 2. The second-order valence-corrected chi connectivity index (χ2v) is 5.81. The average Bonchev–Trinajstić information content (AvgIpc) is 2.60. The van der Waals surface area contributed by atoms with Gasteiger partial charge in [-0.2, -0.15) is 0 Å². The van der Waals surface area contributed by atoms with Gasteiger partial charge in [0.25, 0.3) is 5.91 Å². The summed E-state index contributed by atoms with van der Waals surface area (Å²) in [6, 6.07) is 13.0. The fourth-order valence-corrected chi connectivity index (χ4v) is 2.52. The lowest BCUT2D eigenvalue weighted by molar-refractivity contribution is -0.118. The Morgan fingerprint density at radius 1 is 1.28 bits per heavy atom. The Morgan fingerprint density at radius 2 is 2.12 bits per heavy atom. The number of ether oxygens (including phenoxy) is 2. The van der Waals surface area contributed by atoms with Crippen molar-refractivity contribution in [1.82, 2.24) is 0 Å². The fourth-order valence-electron chi connectivity index (χ4n) is 2.52. The maximum atomic E-state index is 12.0. The van der Waals surface area contributed by atoms with Crippen LogP contribution in [0.4, 0.5) is 11.4 Å². The molecule has 3 rings (SSSR count). The molecule has 1 aliphatic heterocycles. The van der Waals surface area contributed by atoms with E-state index in [1.165, 1.54) is 0 Å². The lowest BCUT2D eigenvalue weighted by Crippen LogP contribution is -2.25. The van der Waals surface area contributed by atoms with E-state index in [4.69, 9.17) is 9.47 Å². The minimum atomic E-state index is -0.204. The molecule has 0 fully saturated rings. The topological polar surface area (TPSA) is 76.7 Å². The molecule has 0 aromatic heterocycles. The molecule has 1 aliphatic rings. The number of benzene rings is 2. The molecule has 1 heterocycles. The van der Waals surface area contributed by atoms with Gasteiger partial charge in [-0.1, -0.05) is 18.2 Å². The highest BCUT2D eigenvalue weighted by Crippen LogP contribution is 2.30. The van der Waals surface area contributed by atoms with Crippen LogP contribution >= 0.6 is 0 Å². The van der Waals surface area contributed by atoms with Gasteiger partial charge in [0.05, 0.1) is 12.3 Å². The first-order chi connectivity index (χ1) is 12.1. The second-order valence-electron chi connectivity index (χ2n) is 5.81. The summed E-state index contributed by atoms with van der Waals surface area (Å²) < 4.78 is 11.0. The second kappa shape index (κ2) is 7.70.